The van der Waals surface area contributed by atoms with Crippen molar-refractivity contribution in [3.8, 4) is 11.5 Å². The van der Waals surface area contributed by atoms with Crippen LogP contribution in [0.15, 0.2) is 16.6 Å². The molecule has 0 N–H and O–H groups in total. The molecule has 0 aliphatic carbocycles. The molecule has 0 bridgehead atoms. The monoisotopic (exact) mass is 286 g/mol. The summed E-state index contributed by atoms with van der Waals surface area (Å²) in [6.45, 7) is 7.44. The average molecular weight is 287 g/mol. The van der Waals surface area contributed by atoms with E-state index in [2.05, 4.69) is 41.6 Å². The van der Waals surface area contributed by atoms with Crippen LogP contribution in [-0.4, -0.2) is 14.9 Å². The molecule has 0 aromatic heterocycles. The van der Waals surface area contributed by atoms with Crippen LogP contribution < -0.4 is 9.47 Å². The third-order valence-electron chi connectivity index (χ3n) is 2.26. The first-order valence-corrected chi connectivity index (χ1v) is 9.54. The minimum atomic E-state index is -1.09. The van der Waals surface area contributed by atoms with E-state index in [1.165, 1.54) is 5.56 Å². The molecule has 0 unspecified atom stereocenters. The lowest BCUT2D eigenvalue weighted by Gasteiger charge is -2.17. The molecule has 1 aliphatic heterocycles. The van der Waals surface area contributed by atoms with E-state index in [0.717, 1.165) is 22.0 Å². The number of rotatable bonds is 2. The van der Waals surface area contributed by atoms with Crippen LogP contribution in [0.2, 0.25) is 19.6 Å². The van der Waals surface area contributed by atoms with Crippen molar-refractivity contribution in [3.05, 3.63) is 22.2 Å². The van der Waals surface area contributed by atoms with E-state index < -0.39 is 8.07 Å². The first kappa shape index (κ1) is 11.0. The average Bonchev–Trinajstić information content (AvgIpc) is 2.49. The van der Waals surface area contributed by atoms with E-state index >= 15 is 0 Å². The van der Waals surface area contributed by atoms with Gasteiger partial charge in [0.05, 0.1) is 0 Å². The van der Waals surface area contributed by atoms with Gasteiger partial charge in [0.2, 0.25) is 6.79 Å². The van der Waals surface area contributed by atoms with Gasteiger partial charge in [0.25, 0.3) is 0 Å². The molecule has 1 aromatic rings. The van der Waals surface area contributed by atoms with E-state index in [0.29, 0.717) is 6.79 Å². The largest absolute Gasteiger partial charge is 0.454 e. The molecule has 82 valence electrons. The lowest BCUT2D eigenvalue weighted by atomic mass is 10.2. The Balaban J connectivity index is 2.33. The molecule has 1 aliphatic rings. The van der Waals surface area contributed by atoms with Crippen molar-refractivity contribution in [3.63, 3.8) is 0 Å². The van der Waals surface area contributed by atoms with Gasteiger partial charge < -0.3 is 9.47 Å². The zero-order valence-corrected chi connectivity index (χ0v) is 11.8. The molecule has 0 amide bonds. The topological polar surface area (TPSA) is 18.5 Å². The van der Waals surface area contributed by atoms with Crippen molar-refractivity contribution < 1.29 is 9.47 Å². The van der Waals surface area contributed by atoms with Gasteiger partial charge in [-0.3, -0.25) is 0 Å². The molecular weight excluding hydrogens is 272 g/mol. The smallest absolute Gasteiger partial charge is 0.231 e. The fourth-order valence-electron chi connectivity index (χ4n) is 1.67. The van der Waals surface area contributed by atoms with Gasteiger partial charge in [-0.25, -0.2) is 0 Å². The molecule has 15 heavy (non-hydrogen) atoms. The second-order valence-corrected chi connectivity index (χ2v) is 11.4. The summed E-state index contributed by atoms with van der Waals surface area (Å²) >= 11 is 3.59. The van der Waals surface area contributed by atoms with Crippen LogP contribution in [-0.2, 0) is 6.04 Å². The van der Waals surface area contributed by atoms with Crippen molar-refractivity contribution in [2.45, 2.75) is 25.7 Å². The van der Waals surface area contributed by atoms with Gasteiger partial charge in [0, 0.05) is 12.5 Å². The lowest BCUT2D eigenvalue weighted by Crippen LogP contribution is -2.24. The second-order valence-electron chi connectivity index (χ2n) is 5.03. The van der Waals surface area contributed by atoms with Gasteiger partial charge in [0.15, 0.2) is 11.5 Å². The van der Waals surface area contributed by atoms with Crippen LogP contribution in [0.25, 0.3) is 0 Å². The Morgan fingerprint density at radius 2 is 1.80 bits per heavy atom. The summed E-state index contributed by atoms with van der Waals surface area (Å²) in [6.07, 6.45) is 0. The van der Waals surface area contributed by atoms with Crippen molar-refractivity contribution in [2.75, 3.05) is 6.79 Å². The maximum absolute atomic E-state index is 5.38. The van der Waals surface area contributed by atoms with Gasteiger partial charge in [0.1, 0.15) is 0 Å². The normalized spacial score (nSPS) is 14.4. The summed E-state index contributed by atoms with van der Waals surface area (Å²) < 4.78 is 11.8. The summed E-state index contributed by atoms with van der Waals surface area (Å²) in [5, 5.41) is 0. The highest BCUT2D eigenvalue weighted by Crippen LogP contribution is 2.37. The molecule has 0 saturated heterocycles. The molecule has 0 spiro atoms. The first-order chi connectivity index (χ1) is 6.96. The van der Waals surface area contributed by atoms with Gasteiger partial charge in [-0.05, 0) is 23.7 Å². The Kier molecular flexibility index (Phi) is 2.81. The zero-order chi connectivity index (χ0) is 11.1. The summed E-state index contributed by atoms with van der Waals surface area (Å²) in [4.78, 5) is 0. The fourth-order valence-corrected chi connectivity index (χ4v) is 3.82. The Labute approximate surface area is 99.7 Å². The number of benzene rings is 1. The van der Waals surface area contributed by atoms with E-state index in [1.807, 2.05) is 6.07 Å². The molecule has 0 saturated carbocycles. The van der Waals surface area contributed by atoms with E-state index in [9.17, 15) is 0 Å². The molecule has 4 heteroatoms. The van der Waals surface area contributed by atoms with Crippen molar-refractivity contribution >= 4 is 24.0 Å². The van der Waals surface area contributed by atoms with Crippen LogP contribution in [0.4, 0.5) is 0 Å². The van der Waals surface area contributed by atoms with E-state index in [1.54, 1.807) is 0 Å². The summed E-state index contributed by atoms with van der Waals surface area (Å²) in [5.41, 5.74) is 1.33. The maximum Gasteiger partial charge on any atom is 0.231 e. The van der Waals surface area contributed by atoms with Crippen LogP contribution >= 0.6 is 15.9 Å². The molecule has 2 nitrogen and oxygen atoms in total. The van der Waals surface area contributed by atoms with Gasteiger partial charge in [-0.15, -0.1) is 0 Å². The Morgan fingerprint density at radius 1 is 1.20 bits per heavy atom. The molecule has 0 atom stereocenters. The minimum Gasteiger partial charge on any atom is -0.454 e. The number of fused-ring (bicyclic) bond motifs is 1. The predicted molar refractivity (Wildman–Crippen MR) is 67.3 cm³/mol. The number of hydrogen-bond acceptors (Lipinski definition) is 2. The highest BCUT2D eigenvalue weighted by Gasteiger charge is 2.20. The molecule has 1 aromatic carbocycles. The fraction of sp³-hybridized carbons (Fsp3) is 0.455. The lowest BCUT2D eigenvalue weighted by molar-refractivity contribution is 0.174. The summed E-state index contributed by atoms with van der Waals surface area (Å²) in [5.74, 6) is 1.73. The quantitative estimate of drug-likeness (QED) is 0.774. The summed E-state index contributed by atoms with van der Waals surface area (Å²) in [6, 6.07) is 5.27. The molecular formula is C11H15BrO2Si. The van der Waals surface area contributed by atoms with Gasteiger partial charge in [-0.2, -0.15) is 0 Å². The molecule has 1 heterocycles. The Hall–Kier alpha value is -0.483. The zero-order valence-electron chi connectivity index (χ0n) is 9.26. The highest BCUT2D eigenvalue weighted by molar-refractivity contribution is 9.10. The van der Waals surface area contributed by atoms with Crippen LogP contribution in [0.5, 0.6) is 11.5 Å². The number of halogens is 1. The minimum absolute atomic E-state index is 0.345. The second kappa shape index (κ2) is 3.83. The van der Waals surface area contributed by atoms with Gasteiger partial charge in [-0.1, -0.05) is 35.6 Å². The van der Waals surface area contributed by atoms with Crippen LogP contribution in [0.1, 0.15) is 5.56 Å². The third kappa shape index (κ3) is 2.55. The van der Waals surface area contributed by atoms with E-state index in [-0.39, 0.29) is 0 Å². The number of hydrogen-bond donors (Lipinski definition) is 0. The summed E-state index contributed by atoms with van der Waals surface area (Å²) in [7, 11) is -1.09. The standard InChI is InChI=1S/C11H15BrO2Si/c1-15(2,3)6-8-4-10-11(5-9(8)12)14-7-13-10/h4-5H,6-7H2,1-3H3. The maximum atomic E-state index is 5.38. The molecule has 0 radical (unpaired) electrons. The Morgan fingerprint density at radius 3 is 2.40 bits per heavy atom. The van der Waals surface area contributed by atoms with Crippen molar-refractivity contribution in [2.24, 2.45) is 0 Å². The SMILES string of the molecule is C[Si](C)(C)Cc1cc2c(cc1Br)OCO2. The highest BCUT2D eigenvalue weighted by atomic mass is 79.9. The molecule has 2 rings (SSSR count). The van der Waals surface area contributed by atoms with Crippen LogP contribution in [0, 0.1) is 0 Å². The Bertz CT molecular complexity index is 385. The van der Waals surface area contributed by atoms with Crippen LogP contribution in [0.3, 0.4) is 0 Å². The van der Waals surface area contributed by atoms with Crippen molar-refractivity contribution in [1.29, 1.82) is 0 Å². The number of ether oxygens (including phenoxy) is 2. The van der Waals surface area contributed by atoms with Crippen molar-refractivity contribution in [1.82, 2.24) is 0 Å². The predicted octanol–water partition coefficient (Wildman–Crippen LogP) is 3.60. The van der Waals surface area contributed by atoms with E-state index in [4.69, 9.17) is 9.47 Å². The van der Waals surface area contributed by atoms with Gasteiger partial charge >= 0.3 is 0 Å². The molecule has 0 fully saturated rings. The third-order valence-corrected chi connectivity index (χ3v) is 4.44. The first-order valence-electron chi connectivity index (χ1n) is 5.04.